The van der Waals surface area contributed by atoms with Crippen LogP contribution in [0, 0.1) is 6.92 Å². The number of aryl methyl sites for hydroxylation is 2. The first kappa shape index (κ1) is 13.1. The summed E-state index contributed by atoms with van der Waals surface area (Å²) in [6.45, 7) is 11.7. The van der Waals surface area contributed by atoms with Gasteiger partial charge in [-0.1, -0.05) is 0 Å². The van der Waals surface area contributed by atoms with Crippen LogP contribution >= 0.6 is 11.3 Å². The minimum Gasteiger partial charge on any atom is -0.314 e. The molecule has 0 aliphatic carbocycles. The Labute approximate surface area is 109 Å². The van der Waals surface area contributed by atoms with E-state index in [-0.39, 0.29) is 0 Å². The lowest BCUT2D eigenvalue weighted by Gasteiger charge is -2.41. The number of nitrogens with one attached hydrogen (secondary N) is 1. The number of thiophene rings is 1. The molecule has 96 valence electrons. The molecule has 0 unspecified atom stereocenters. The molecule has 1 N–H and O–H groups in total. The lowest BCUT2D eigenvalue weighted by atomic mass is 9.94. The fourth-order valence-corrected chi connectivity index (χ4v) is 3.42. The Morgan fingerprint density at radius 3 is 2.65 bits per heavy atom. The predicted octanol–water partition coefficient (Wildman–Crippen LogP) is 2.67. The fraction of sp³-hybridized carbons (Fsp3) is 0.714. The highest BCUT2D eigenvalue weighted by molar-refractivity contribution is 7.10. The second-order valence-electron chi connectivity index (χ2n) is 5.58. The van der Waals surface area contributed by atoms with E-state index in [4.69, 9.17) is 0 Å². The molecule has 0 saturated carbocycles. The standard InChI is InChI=1S/C14H24N2S/c1-12-5-11-17-13(12)4-6-14(2,3)16-9-7-15-8-10-16/h5,11,15H,4,6-10H2,1-3H3. The zero-order chi connectivity index (χ0) is 12.3. The molecule has 0 aromatic carbocycles. The number of hydrogen-bond donors (Lipinski definition) is 1. The molecule has 0 bridgehead atoms. The lowest BCUT2D eigenvalue weighted by molar-refractivity contribution is 0.0961. The molecule has 1 fully saturated rings. The number of rotatable bonds is 4. The Morgan fingerprint density at radius 2 is 2.06 bits per heavy atom. The zero-order valence-corrected chi connectivity index (χ0v) is 12.1. The Balaban J connectivity index is 1.90. The maximum Gasteiger partial charge on any atom is 0.0157 e. The minimum atomic E-state index is 0.332. The van der Waals surface area contributed by atoms with Gasteiger partial charge in [-0.15, -0.1) is 11.3 Å². The highest BCUT2D eigenvalue weighted by Gasteiger charge is 2.27. The van der Waals surface area contributed by atoms with E-state index in [2.05, 4.69) is 42.4 Å². The Hall–Kier alpha value is -0.380. The lowest BCUT2D eigenvalue weighted by Crippen LogP contribution is -2.53. The van der Waals surface area contributed by atoms with E-state index in [1.165, 1.54) is 31.5 Å². The Morgan fingerprint density at radius 1 is 1.35 bits per heavy atom. The quantitative estimate of drug-likeness (QED) is 0.886. The number of nitrogens with zero attached hydrogens (tertiary/aromatic N) is 1. The summed E-state index contributed by atoms with van der Waals surface area (Å²) in [6.07, 6.45) is 2.48. The summed E-state index contributed by atoms with van der Waals surface area (Å²) < 4.78 is 0. The molecule has 1 saturated heterocycles. The van der Waals surface area contributed by atoms with E-state index < -0.39 is 0 Å². The van der Waals surface area contributed by atoms with E-state index in [1.54, 1.807) is 4.88 Å². The van der Waals surface area contributed by atoms with Crippen LogP contribution in [-0.4, -0.2) is 36.6 Å². The number of hydrogen-bond acceptors (Lipinski definition) is 3. The molecular weight excluding hydrogens is 228 g/mol. The van der Waals surface area contributed by atoms with Crippen molar-refractivity contribution >= 4 is 11.3 Å². The van der Waals surface area contributed by atoms with Gasteiger partial charge in [0.15, 0.2) is 0 Å². The van der Waals surface area contributed by atoms with Gasteiger partial charge in [0.2, 0.25) is 0 Å². The van der Waals surface area contributed by atoms with Gasteiger partial charge in [0.25, 0.3) is 0 Å². The van der Waals surface area contributed by atoms with E-state index in [0.29, 0.717) is 5.54 Å². The third-order valence-electron chi connectivity index (χ3n) is 3.91. The summed E-state index contributed by atoms with van der Waals surface area (Å²) >= 11 is 1.91. The smallest absolute Gasteiger partial charge is 0.0157 e. The van der Waals surface area contributed by atoms with Crippen molar-refractivity contribution in [2.24, 2.45) is 0 Å². The Kier molecular flexibility index (Phi) is 4.23. The number of piperazine rings is 1. The zero-order valence-electron chi connectivity index (χ0n) is 11.3. The van der Waals surface area contributed by atoms with Crippen LogP contribution in [0.4, 0.5) is 0 Å². The normalized spacial score (nSPS) is 18.5. The van der Waals surface area contributed by atoms with Crippen LogP contribution < -0.4 is 5.32 Å². The summed E-state index contributed by atoms with van der Waals surface area (Å²) in [4.78, 5) is 4.19. The maximum absolute atomic E-state index is 3.43. The molecule has 2 nitrogen and oxygen atoms in total. The summed E-state index contributed by atoms with van der Waals surface area (Å²) in [5, 5.41) is 5.64. The Bertz CT molecular complexity index is 351. The van der Waals surface area contributed by atoms with Crippen molar-refractivity contribution in [2.45, 2.75) is 39.2 Å². The first-order valence-electron chi connectivity index (χ1n) is 6.58. The van der Waals surface area contributed by atoms with Crippen LogP contribution in [0.15, 0.2) is 11.4 Å². The molecular formula is C14H24N2S. The van der Waals surface area contributed by atoms with Crippen molar-refractivity contribution in [1.82, 2.24) is 10.2 Å². The molecule has 1 aliphatic rings. The van der Waals surface area contributed by atoms with Crippen LogP contribution in [0.5, 0.6) is 0 Å². The van der Waals surface area contributed by atoms with Crippen molar-refractivity contribution in [3.8, 4) is 0 Å². The van der Waals surface area contributed by atoms with Gasteiger partial charge in [-0.25, -0.2) is 0 Å². The molecule has 1 aromatic rings. The van der Waals surface area contributed by atoms with Gasteiger partial charge in [0.05, 0.1) is 0 Å². The molecule has 0 atom stereocenters. The van der Waals surface area contributed by atoms with Crippen LogP contribution in [0.3, 0.4) is 0 Å². The van der Waals surface area contributed by atoms with Gasteiger partial charge >= 0.3 is 0 Å². The van der Waals surface area contributed by atoms with Crippen molar-refractivity contribution < 1.29 is 0 Å². The van der Waals surface area contributed by atoms with Crippen LogP contribution in [0.2, 0.25) is 0 Å². The van der Waals surface area contributed by atoms with E-state index in [1.807, 2.05) is 11.3 Å². The molecule has 1 aromatic heterocycles. The molecule has 3 heteroatoms. The third kappa shape index (κ3) is 3.30. The van der Waals surface area contributed by atoms with Gasteiger partial charge in [0, 0.05) is 36.6 Å². The van der Waals surface area contributed by atoms with Crippen molar-refractivity contribution in [2.75, 3.05) is 26.2 Å². The highest BCUT2D eigenvalue weighted by Crippen LogP contribution is 2.25. The largest absolute Gasteiger partial charge is 0.314 e. The van der Waals surface area contributed by atoms with Gasteiger partial charge in [-0.3, -0.25) is 4.90 Å². The average molecular weight is 252 g/mol. The summed E-state index contributed by atoms with van der Waals surface area (Å²) in [6, 6.07) is 2.23. The molecule has 17 heavy (non-hydrogen) atoms. The van der Waals surface area contributed by atoms with Gasteiger partial charge in [0.1, 0.15) is 0 Å². The van der Waals surface area contributed by atoms with Crippen molar-refractivity contribution in [3.63, 3.8) is 0 Å². The van der Waals surface area contributed by atoms with Gasteiger partial charge < -0.3 is 5.32 Å². The first-order valence-corrected chi connectivity index (χ1v) is 7.46. The summed E-state index contributed by atoms with van der Waals surface area (Å²) in [7, 11) is 0. The fourth-order valence-electron chi connectivity index (χ4n) is 2.51. The van der Waals surface area contributed by atoms with E-state index in [0.717, 1.165) is 13.1 Å². The van der Waals surface area contributed by atoms with Crippen molar-refractivity contribution in [1.29, 1.82) is 0 Å². The SMILES string of the molecule is Cc1ccsc1CCC(C)(C)N1CCNCC1. The van der Waals surface area contributed by atoms with Gasteiger partial charge in [-0.2, -0.15) is 0 Å². The van der Waals surface area contributed by atoms with Crippen LogP contribution in [0.25, 0.3) is 0 Å². The average Bonchev–Trinajstić information content (AvgIpc) is 2.74. The molecule has 0 amide bonds. The predicted molar refractivity (Wildman–Crippen MR) is 75.9 cm³/mol. The second-order valence-corrected chi connectivity index (χ2v) is 6.58. The second kappa shape index (κ2) is 5.51. The van der Waals surface area contributed by atoms with Crippen LogP contribution in [0.1, 0.15) is 30.7 Å². The van der Waals surface area contributed by atoms with E-state index >= 15 is 0 Å². The monoisotopic (exact) mass is 252 g/mol. The van der Waals surface area contributed by atoms with E-state index in [9.17, 15) is 0 Å². The summed E-state index contributed by atoms with van der Waals surface area (Å²) in [5.74, 6) is 0. The topological polar surface area (TPSA) is 15.3 Å². The molecule has 0 radical (unpaired) electrons. The molecule has 2 rings (SSSR count). The molecule has 1 aliphatic heterocycles. The molecule has 2 heterocycles. The highest BCUT2D eigenvalue weighted by atomic mass is 32.1. The van der Waals surface area contributed by atoms with Crippen LogP contribution in [-0.2, 0) is 6.42 Å². The van der Waals surface area contributed by atoms with Crippen molar-refractivity contribution in [3.05, 3.63) is 21.9 Å². The third-order valence-corrected chi connectivity index (χ3v) is 4.99. The first-order chi connectivity index (χ1) is 8.09. The molecule has 0 spiro atoms. The maximum atomic E-state index is 3.43. The van der Waals surface area contributed by atoms with Gasteiger partial charge in [-0.05, 0) is 50.6 Å². The minimum absolute atomic E-state index is 0.332. The summed E-state index contributed by atoms with van der Waals surface area (Å²) in [5.41, 5.74) is 1.80.